The van der Waals surface area contributed by atoms with Crippen molar-refractivity contribution in [3.63, 3.8) is 0 Å². The Morgan fingerprint density at radius 2 is 1.86 bits per heavy atom. The summed E-state index contributed by atoms with van der Waals surface area (Å²) < 4.78 is 19.4. The average molecular weight is 286 g/mol. The normalized spacial score (nSPS) is 10.4. The second-order valence-electron chi connectivity index (χ2n) is 4.93. The molecule has 2 nitrogen and oxygen atoms in total. The van der Waals surface area contributed by atoms with Gasteiger partial charge in [-0.15, -0.1) is 0 Å². The number of hydrogen-bond donors (Lipinski definition) is 0. The fourth-order valence-electron chi connectivity index (χ4n) is 2.01. The monoisotopic (exact) mass is 286 g/mol. The van der Waals surface area contributed by atoms with Gasteiger partial charge in [-0.25, -0.2) is 4.39 Å². The molecule has 0 aliphatic carbocycles. The fourth-order valence-corrected chi connectivity index (χ4v) is 2.01. The molecule has 0 spiro atoms. The Kier molecular flexibility index (Phi) is 5.50. The minimum Gasteiger partial charge on any atom is -0.486 e. The van der Waals surface area contributed by atoms with Crippen LogP contribution in [0, 0.1) is 5.82 Å². The van der Waals surface area contributed by atoms with Crippen LogP contribution in [0.15, 0.2) is 48.5 Å². The summed E-state index contributed by atoms with van der Waals surface area (Å²) >= 11 is 0. The number of carbonyl (C=O) groups excluding carboxylic acids is 1. The van der Waals surface area contributed by atoms with Crippen LogP contribution in [0.3, 0.4) is 0 Å². The molecule has 0 amide bonds. The maximum atomic E-state index is 13.9. The number of halogens is 1. The van der Waals surface area contributed by atoms with Crippen LogP contribution in [0.5, 0.6) is 5.75 Å². The van der Waals surface area contributed by atoms with E-state index in [1.807, 2.05) is 43.3 Å². The number of Topliss-reactive ketones (excluding diaryl/α,β-unsaturated/α-hetero) is 1. The van der Waals surface area contributed by atoms with Crippen LogP contribution in [-0.4, -0.2) is 5.78 Å². The van der Waals surface area contributed by atoms with E-state index in [-0.39, 0.29) is 17.3 Å². The van der Waals surface area contributed by atoms with Crippen LogP contribution in [0.1, 0.15) is 30.9 Å². The molecule has 2 aromatic rings. The highest BCUT2D eigenvalue weighted by atomic mass is 19.1. The van der Waals surface area contributed by atoms with Crippen molar-refractivity contribution in [3.8, 4) is 5.75 Å². The number of ether oxygens (including phenoxy) is 1. The fraction of sp³-hybridized carbons (Fsp3) is 0.278. The molecule has 0 unspecified atom stereocenters. The second-order valence-corrected chi connectivity index (χ2v) is 4.93. The highest BCUT2D eigenvalue weighted by molar-refractivity contribution is 5.78. The predicted octanol–water partition coefficient (Wildman–Crippen LogP) is 4.32. The molecule has 0 aromatic heterocycles. The third-order valence-electron chi connectivity index (χ3n) is 3.32. The maximum Gasteiger partial charge on any atom is 0.165 e. The van der Waals surface area contributed by atoms with Crippen molar-refractivity contribution in [2.45, 2.75) is 32.8 Å². The van der Waals surface area contributed by atoms with Gasteiger partial charge in [-0.05, 0) is 29.7 Å². The first-order valence-corrected chi connectivity index (χ1v) is 7.16. The number of rotatable bonds is 7. The van der Waals surface area contributed by atoms with Crippen molar-refractivity contribution in [1.82, 2.24) is 0 Å². The van der Waals surface area contributed by atoms with Crippen molar-refractivity contribution < 1.29 is 13.9 Å². The molecule has 0 aliphatic heterocycles. The van der Waals surface area contributed by atoms with Crippen molar-refractivity contribution in [2.75, 3.05) is 0 Å². The zero-order chi connectivity index (χ0) is 15.1. The first-order chi connectivity index (χ1) is 10.2. The molecule has 0 fully saturated rings. The van der Waals surface area contributed by atoms with Gasteiger partial charge >= 0.3 is 0 Å². The van der Waals surface area contributed by atoms with Gasteiger partial charge in [0.25, 0.3) is 0 Å². The van der Waals surface area contributed by atoms with Crippen molar-refractivity contribution in [2.24, 2.45) is 0 Å². The summed E-state index contributed by atoms with van der Waals surface area (Å²) in [6.45, 7) is 2.18. The lowest BCUT2D eigenvalue weighted by Gasteiger charge is -2.09. The van der Waals surface area contributed by atoms with Crippen molar-refractivity contribution in [1.29, 1.82) is 0 Å². The van der Waals surface area contributed by atoms with E-state index in [1.165, 1.54) is 6.07 Å². The molecule has 0 saturated heterocycles. The molecular weight excluding hydrogens is 267 g/mol. The van der Waals surface area contributed by atoms with Gasteiger partial charge in [0.15, 0.2) is 11.6 Å². The molecule has 0 aliphatic rings. The third-order valence-corrected chi connectivity index (χ3v) is 3.32. The molecule has 0 atom stereocenters. The molecular formula is C18H19FO2. The van der Waals surface area contributed by atoms with E-state index >= 15 is 0 Å². The van der Waals surface area contributed by atoms with Crippen LogP contribution < -0.4 is 4.74 Å². The highest BCUT2D eigenvalue weighted by Crippen LogP contribution is 2.20. The Morgan fingerprint density at radius 3 is 2.52 bits per heavy atom. The molecule has 0 heterocycles. The van der Waals surface area contributed by atoms with E-state index in [0.717, 1.165) is 11.1 Å². The maximum absolute atomic E-state index is 13.9. The Hall–Kier alpha value is -2.16. The molecule has 0 bridgehead atoms. The minimum absolute atomic E-state index is 0.194. The molecule has 0 radical (unpaired) electrons. The zero-order valence-electron chi connectivity index (χ0n) is 12.1. The Balaban J connectivity index is 1.94. The van der Waals surface area contributed by atoms with E-state index in [2.05, 4.69) is 0 Å². The van der Waals surface area contributed by atoms with Gasteiger partial charge < -0.3 is 4.74 Å². The number of carbonyl (C=O) groups is 1. The van der Waals surface area contributed by atoms with E-state index in [1.54, 1.807) is 6.07 Å². The lowest BCUT2D eigenvalue weighted by molar-refractivity contribution is -0.118. The topological polar surface area (TPSA) is 26.3 Å². The summed E-state index contributed by atoms with van der Waals surface area (Å²) in [7, 11) is 0. The lowest BCUT2D eigenvalue weighted by atomic mass is 10.1. The van der Waals surface area contributed by atoms with Gasteiger partial charge in [-0.1, -0.05) is 43.3 Å². The number of aryl methyl sites for hydroxylation is 1. The molecule has 3 heteroatoms. The van der Waals surface area contributed by atoms with E-state index < -0.39 is 0 Å². The molecule has 110 valence electrons. The first-order valence-electron chi connectivity index (χ1n) is 7.16. The average Bonchev–Trinajstić information content (AvgIpc) is 2.52. The third kappa shape index (κ3) is 4.71. The van der Waals surface area contributed by atoms with Crippen LogP contribution in [0.4, 0.5) is 4.39 Å². The Bertz CT molecular complexity index is 593. The highest BCUT2D eigenvalue weighted by Gasteiger charge is 2.06. The summed E-state index contributed by atoms with van der Waals surface area (Å²) in [6, 6.07) is 14.5. The second kappa shape index (κ2) is 7.58. The van der Waals surface area contributed by atoms with E-state index in [9.17, 15) is 9.18 Å². The summed E-state index contributed by atoms with van der Waals surface area (Å²) in [5.74, 6) is 0.0524. The zero-order valence-corrected chi connectivity index (χ0v) is 12.1. The summed E-state index contributed by atoms with van der Waals surface area (Å²) in [5.41, 5.74) is 1.82. The van der Waals surface area contributed by atoms with E-state index in [0.29, 0.717) is 25.9 Å². The molecule has 21 heavy (non-hydrogen) atoms. The van der Waals surface area contributed by atoms with Gasteiger partial charge in [-0.3, -0.25) is 4.79 Å². The van der Waals surface area contributed by atoms with Gasteiger partial charge in [0.1, 0.15) is 12.4 Å². The van der Waals surface area contributed by atoms with Gasteiger partial charge in [0.2, 0.25) is 0 Å². The number of benzene rings is 2. The summed E-state index contributed by atoms with van der Waals surface area (Å²) in [5, 5.41) is 0. The van der Waals surface area contributed by atoms with Crippen LogP contribution in [-0.2, 0) is 17.8 Å². The van der Waals surface area contributed by atoms with Crippen LogP contribution in [0.2, 0.25) is 0 Å². The Morgan fingerprint density at radius 1 is 1.10 bits per heavy atom. The molecule has 2 aromatic carbocycles. The predicted molar refractivity (Wildman–Crippen MR) is 80.8 cm³/mol. The largest absolute Gasteiger partial charge is 0.486 e. The molecule has 2 rings (SSSR count). The van der Waals surface area contributed by atoms with Crippen molar-refractivity contribution >= 4 is 5.78 Å². The van der Waals surface area contributed by atoms with Crippen LogP contribution >= 0.6 is 0 Å². The van der Waals surface area contributed by atoms with E-state index in [4.69, 9.17) is 4.74 Å². The molecule has 0 saturated carbocycles. The quantitative estimate of drug-likeness (QED) is 0.758. The summed E-state index contributed by atoms with van der Waals surface area (Å²) in [6.07, 6.45) is 1.56. The van der Waals surface area contributed by atoms with Crippen LogP contribution in [0.25, 0.3) is 0 Å². The van der Waals surface area contributed by atoms with Gasteiger partial charge in [0.05, 0.1) is 0 Å². The molecule has 0 N–H and O–H groups in total. The first kappa shape index (κ1) is 15.2. The Labute approximate surface area is 124 Å². The summed E-state index contributed by atoms with van der Waals surface area (Å²) in [4.78, 5) is 11.3. The number of ketones is 1. The SMILES string of the molecule is CCC(=O)CCc1ccc(OCc2ccccc2)c(F)c1. The van der Waals surface area contributed by atoms with Gasteiger partial charge in [0, 0.05) is 12.8 Å². The minimum atomic E-state index is -0.382. The lowest BCUT2D eigenvalue weighted by Crippen LogP contribution is -2.00. The van der Waals surface area contributed by atoms with Crippen molar-refractivity contribution in [3.05, 3.63) is 65.5 Å². The standard InChI is InChI=1S/C18H19FO2/c1-2-16(20)10-8-14-9-11-18(17(19)12-14)21-13-15-6-4-3-5-7-15/h3-7,9,11-12H,2,8,10,13H2,1H3. The number of hydrogen-bond acceptors (Lipinski definition) is 2. The smallest absolute Gasteiger partial charge is 0.165 e. The van der Waals surface area contributed by atoms with Gasteiger partial charge in [-0.2, -0.15) is 0 Å².